The van der Waals surface area contributed by atoms with Crippen LogP contribution in [0.4, 0.5) is 0 Å². The van der Waals surface area contributed by atoms with Gasteiger partial charge in [-0.25, -0.2) is 15.0 Å². The van der Waals surface area contributed by atoms with Gasteiger partial charge in [-0.15, -0.1) is 11.3 Å². The van der Waals surface area contributed by atoms with Crippen LogP contribution in [0, 0.1) is 6.92 Å². The molecule has 24 heavy (non-hydrogen) atoms. The molecule has 0 saturated carbocycles. The number of nitrogens with zero attached hydrogens (tertiary/aromatic N) is 4. The molecule has 0 atom stereocenters. The highest BCUT2D eigenvalue weighted by Gasteiger charge is 2.16. The molecule has 1 N–H and O–H groups in total. The molecule has 0 radical (unpaired) electrons. The maximum atomic E-state index is 12.3. The number of hydrogen-bond donors (Lipinski definition) is 1. The lowest BCUT2D eigenvalue weighted by atomic mass is 10.3. The summed E-state index contributed by atoms with van der Waals surface area (Å²) in [6, 6.07) is 7.44. The van der Waals surface area contributed by atoms with Gasteiger partial charge >= 0.3 is 0 Å². The van der Waals surface area contributed by atoms with Crippen molar-refractivity contribution in [1.29, 1.82) is 0 Å². The van der Waals surface area contributed by atoms with E-state index >= 15 is 0 Å². The van der Waals surface area contributed by atoms with Crippen LogP contribution in [0.3, 0.4) is 0 Å². The van der Waals surface area contributed by atoms with Crippen molar-refractivity contribution in [2.24, 2.45) is 0 Å². The van der Waals surface area contributed by atoms with Gasteiger partial charge in [-0.2, -0.15) is 0 Å². The molecular weight excluding hydrogens is 322 g/mol. The average molecular weight is 339 g/mol. The Morgan fingerprint density at radius 2 is 1.92 bits per heavy atom. The summed E-state index contributed by atoms with van der Waals surface area (Å²) >= 11 is 1.36. The second-order valence-electron chi connectivity index (χ2n) is 5.17. The molecule has 0 aliphatic rings. The van der Waals surface area contributed by atoms with Gasteiger partial charge < -0.3 is 5.32 Å². The zero-order chi connectivity index (χ0) is 16.8. The number of aryl methyl sites for hydroxylation is 2. The van der Waals surface area contributed by atoms with E-state index in [0.29, 0.717) is 11.4 Å². The molecule has 0 fully saturated rings. The molecule has 0 bridgehead atoms. The largest absolute Gasteiger partial charge is 0.351 e. The molecule has 1 amide bonds. The van der Waals surface area contributed by atoms with Gasteiger partial charge in [0.25, 0.3) is 5.91 Å². The molecule has 0 aliphatic heterocycles. The van der Waals surface area contributed by atoms with Gasteiger partial charge in [0, 0.05) is 31.6 Å². The van der Waals surface area contributed by atoms with Crippen molar-refractivity contribution in [2.75, 3.05) is 6.54 Å². The van der Waals surface area contributed by atoms with Crippen LogP contribution in [-0.4, -0.2) is 32.4 Å². The van der Waals surface area contributed by atoms with E-state index in [4.69, 9.17) is 0 Å². The molecule has 0 saturated heterocycles. The molecule has 3 aromatic heterocycles. The number of amides is 1. The highest BCUT2D eigenvalue weighted by atomic mass is 32.1. The Morgan fingerprint density at radius 1 is 1.12 bits per heavy atom. The summed E-state index contributed by atoms with van der Waals surface area (Å²) in [5, 5.41) is 3.69. The van der Waals surface area contributed by atoms with Crippen molar-refractivity contribution in [2.45, 2.75) is 19.8 Å². The Bertz CT molecular complexity index is 804. The molecule has 7 heteroatoms. The minimum Gasteiger partial charge on any atom is -0.351 e. The molecule has 3 rings (SSSR count). The van der Waals surface area contributed by atoms with Gasteiger partial charge in [0.1, 0.15) is 15.7 Å². The van der Waals surface area contributed by atoms with Crippen molar-refractivity contribution < 1.29 is 4.79 Å². The van der Waals surface area contributed by atoms with E-state index in [2.05, 4.69) is 25.3 Å². The number of carbonyl (C=O) groups excluding carboxylic acids is 1. The smallest absolute Gasteiger partial charge is 0.263 e. The summed E-state index contributed by atoms with van der Waals surface area (Å²) in [6.07, 6.45) is 6.70. The molecule has 6 nitrogen and oxygen atoms in total. The molecule has 3 aromatic rings. The molecule has 0 spiro atoms. The van der Waals surface area contributed by atoms with Crippen LogP contribution in [0.5, 0.6) is 0 Å². The summed E-state index contributed by atoms with van der Waals surface area (Å²) in [4.78, 5) is 30.0. The molecular formula is C17H17N5OS. The van der Waals surface area contributed by atoms with Crippen LogP contribution in [0.2, 0.25) is 0 Å². The first-order chi connectivity index (χ1) is 11.7. The van der Waals surface area contributed by atoms with Gasteiger partial charge in [0.2, 0.25) is 0 Å². The standard InChI is InChI=1S/C17H17N5OS/c1-12-15(24-17(22-12)13-6-2-3-8-18-13)16(23)21-9-4-7-14-19-10-5-11-20-14/h2-3,5-6,8,10-11H,4,7,9H2,1H3,(H,21,23). The molecule has 3 heterocycles. The lowest BCUT2D eigenvalue weighted by Crippen LogP contribution is -2.24. The number of rotatable bonds is 6. The van der Waals surface area contributed by atoms with Gasteiger partial charge in [-0.05, 0) is 31.5 Å². The van der Waals surface area contributed by atoms with Gasteiger partial charge in [-0.3, -0.25) is 9.78 Å². The fraction of sp³-hybridized carbons (Fsp3) is 0.235. The lowest BCUT2D eigenvalue weighted by molar-refractivity contribution is 0.0956. The zero-order valence-electron chi connectivity index (χ0n) is 13.3. The minimum atomic E-state index is -0.0961. The number of aromatic nitrogens is 4. The van der Waals surface area contributed by atoms with Crippen molar-refractivity contribution >= 4 is 17.2 Å². The molecule has 0 aromatic carbocycles. The number of hydrogen-bond acceptors (Lipinski definition) is 6. The highest BCUT2D eigenvalue weighted by Crippen LogP contribution is 2.26. The lowest BCUT2D eigenvalue weighted by Gasteiger charge is -2.03. The Hall–Kier alpha value is -2.67. The van der Waals surface area contributed by atoms with Gasteiger partial charge in [0.05, 0.1) is 11.4 Å². The van der Waals surface area contributed by atoms with E-state index in [0.717, 1.165) is 35.1 Å². The SMILES string of the molecule is Cc1nc(-c2ccccn2)sc1C(=O)NCCCc1ncccn1. The maximum absolute atomic E-state index is 12.3. The van der Waals surface area contributed by atoms with Gasteiger partial charge in [0.15, 0.2) is 0 Å². The normalized spacial score (nSPS) is 10.5. The van der Waals surface area contributed by atoms with Crippen LogP contribution in [0.1, 0.15) is 27.6 Å². The van der Waals surface area contributed by atoms with Crippen molar-refractivity contribution in [1.82, 2.24) is 25.3 Å². The number of pyridine rings is 1. The number of nitrogens with one attached hydrogen (secondary N) is 1. The highest BCUT2D eigenvalue weighted by molar-refractivity contribution is 7.17. The van der Waals surface area contributed by atoms with Crippen molar-refractivity contribution in [3.8, 4) is 10.7 Å². The fourth-order valence-electron chi connectivity index (χ4n) is 2.19. The maximum Gasteiger partial charge on any atom is 0.263 e. The van der Waals surface area contributed by atoms with E-state index in [1.165, 1.54) is 11.3 Å². The zero-order valence-corrected chi connectivity index (χ0v) is 14.1. The summed E-state index contributed by atoms with van der Waals surface area (Å²) in [5.74, 6) is 0.694. The first kappa shape index (κ1) is 16.2. The van der Waals surface area contributed by atoms with E-state index in [9.17, 15) is 4.79 Å². The second-order valence-corrected chi connectivity index (χ2v) is 6.17. The van der Waals surface area contributed by atoms with E-state index < -0.39 is 0 Å². The summed E-state index contributed by atoms with van der Waals surface area (Å²) < 4.78 is 0. The minimum absolute atomic E-state index is 0.0961. The van der Waals surface area contributed by atoms with Crippen molar-refractivity contribution in [3.05, 3.63) is 59.3 Å². The van der Waals surface area contributed by atoms with Crippen LogP contribution < -0.4 is 5.32 Å². The van der Waals surface area contributed by atoms with Crippen LogP contribution >= 0.6 is 11.3 Å². The third-order valence-electron chi connectivity index (χ3n) is 3.37. The van der Waals surface area contributed by atoms with Crippen LogP contribution in [0.15, 0.2) is 42.9 Å². The summed E-state index contributed by atoms with van der Waals surface area (Å²) in [5.41, 5.74) is 1.51. The monoisotopic (exact) mass is 339 g/mol. The second kappa shape index (κ2) is 7.74. The molecule has 122 valence electrons. The third-order valence-corrected chi connectivity index (χ3v) is 4.55. The van der Waals surface area contributed by atoms with Gasteiger partial charge in [-0.1, -0.05) is 6.07 Å². The Balaban J connectivity index is 1.56. The number of carbonyl (C=O) groups is 1. The predicted octanol–water partition coefficient (Wildman–Crippen LogP) is 2.67. The van der Waals surface area contributed by atoms with Crippen molar-refractivity contribution in [3.63, 3.8) is 0 Å². The number of thiazole rings is 1. The first-order valence-electron chi connectivity index (χ1n) is 7.67. The van der Waals surface area contributed by atoms with E-state index in [-0.39, 0.29) is 5.91 Å². The predicted molar refractivity (Wildman–Crippen MR) is 92.8 cm³/mol. The Kier molecular flexibility index (Phi) is 5.22. The third kappa shape index (κ3) is 3.99. The quantitative estimate of drug-likeness (QED) is 0.698. The Labute approximate surface area is 144 Å². The Morgan fingerprint density at radius 3 is 2.67 bits per heavy atom. The summed E-state index contributed by atoms with van der Waals surface area (Å²) in [7, 11) is 0. The van der Waals surface area contributed by atoms with E-state index in [1.807, 2.05) is 25.1 Å². The fourth-order valence-corrected chi connectivity index (χ4v) is 3.15. The van der Waals surface area contributed by atoms with Crippen LogP contribution in [-0.2, 0) is 6.42 Å². The van der Waals surface area contributed by atoms with E-state index in [1.54, 1.807) is 24.7 Å². The average Bonchev–Trinajstić information content (AvgIpc) is 3.02. The van der Waals surface area contributed by atoms with Crippen LogP contribution in [0.25, 0.3) is 10.7 Å². The topological polar surface area (TPSA) is 80.7 Å². The summed E-state index contributed by atoms with van der Waals surface area (Å²) in [6.45, 7) is 2.42. The molecule has 0 unspecified atom stereocenters. The first-order valence-corrected chi connectivity index (χ1v) is 8.48. The molecule has 0 aliphatic carbocycles.